The average Bonchev–Trinajstić information content (AvgIpc) is 3.60. The van der Waals surface area contributed by atoms with Gasteiger partial charge in [0.25, 0.3) is 11.5 Å². The molecule has 0 bridgehead atoms. The highest BCUT2D eigenvalue weighted by atomic mass is 16.5. The number of carbonyl (C=O) groups is 1. The van der Waals surface area contributed by atoms with Crippen LogP contribution in [0.1, 0.15) is 28.9 Å². The molecule has 4 rings (SSSR count). The van der Waals surface area contributed by atoms with Crippen LogP contribution in [-0.2, 0) is 13.1 Å². The van der Waals surface area contributed by atoms with Crippen LogP contribution in [0.2, 0.25) is 0 Å². The standard InChI is InChI=1S/C23H23N3O3/c27-22-14-13-21(24-26(22)15-16-29-20-9-5-2-6-10-20)23(28)25(19-11-12-19)17-18-7-3-1-4-8-18/h1-10,13-14,19H,11-12,15-17H2. The van der Waals surface area contributed by atoms with Crippen molar-refractivity contribution in [3.05, 3.63) is 94.4 Å². The molecule has 6 heteroatoms. The second-order valence-corrected chi connectivity index (χ2v) is 7.09. The van der Waals surface area contributed by atoms with Crippen LogP contribution in [0.3, 0.4) is 0 Å². The first-order valence-corrected chi connectivity index (χ1v) is 9.81. The quantitative estimate of drug-likeness (QED) is 0.594. The summed E-state index contributed by atoms with van der Waals surface area (Å²) in [4.78, 5) is 27.1. The molecule has 1 saturated carbocycles. The molecule has 0 unspecified atom stereocenters. The lowest BCUT2D eigenvalue weighted by Gasteiger charge is -2.22. The van der Waals surface area contributed by atoms with Crippen molar-refractivity contribution in [1.82, 2.24) is 14.7 Å². The Hall–Kier alpha value is -3.41. The van der Waals surface area contributed by atoms with Gasteiger partial charge in [-0.1, -0.05) is 48.5 Å². The molecule has 1 heterocycles. The molecule has 1 aliphatic rings. The van der Waals surface area contributed by atoms with Gasteiger partial charge < -0.3 is 9.64 Å². The van der Waals surface area contributed by atoms with E-state index in [0.29, 0.717) is 13.2 Å². The first-order valence-electron chi connectivity index (χ1n) is 9.81. The van der Waals surface area contributed by atoms with Gasteiger partial charge in [-0.05, 0) is 36.6 Å². The van der Waals surface area contributed by atoms with Crippen LogP contribution in [0.5, 0.6) is 5.75 Å². The first-order chi connectivity index (χ1) is 14.2. The van der Waals surface area contributed by atoms with Crippen LogP contribution >= 0.6 is 0 Å². The van der Waals surface area contributed by atoms with Crippen molar-refractivity contribution in [2.75, 3.05) is 6.61 Å². The second-order valence-electron chi connectivity index (χ2n) is 7.09. The Kier molecular flexibility index (Phi) is 5.70. The van der Waals surface area contributed by atoms with Crippen molar-refractivity contribution < 1.29 is 9.53 Å². The van der Waals surface area contributed by atoms with E-state index in [4.69, 9.17) is 4.74 Å². The third-order valence-corrected chi connectivity index (χ3v) is 4.85. The minimum atomic E-state index is -0.251. The molecule has 0 N–H and O–H groups in total. The maximum absolute atomic E-state index is 13.1. The summed E-state index contributed by atoms with van der Waals surface area (Å²) < 4.78 is 6.94. The molecule has 29 heavy (non-hydrogen) atoms. The molecule has 3 aromatic rings. The Morgan fingerprint density at radius 1 is 1.00 bits per heavy atom. The van der Waals surface area contributed by atoms with Gasteiger partial charge in [0.05, 0.1) is 6.54 Å². The summed E-state index contributed by atoms with van der Waals surface area (Å²) in [5.41, 5.74) is 1.11. The van der Waals surface area contributed by atoms with Gasteiger partial charge in [-0.3, -0.25) is 9.59 Å². The molecule has 6 nitrogen and oxygen atoms in total. The van der Waals surface area contributed by atoms with Crippen molar-refractivity contribution in [3.63, 3.8) is 0 Å². The Labute approximate surface area is 169 Å². The Bertz CT molecular complexity index is 1010. The molecule has 2 aromatic carbocycles. The van der Waals surface area contributed by atoms with Crippen molar-refractivity contribution in [1.29, 1.82) is 0 Å². The van der Waals surface area contributed by atoms with E-state index in [1.165, 1.54) is 16.8 Å². The fourth-order valence-electron chi connectivity index (χ4n) is 3.17. The zero-order valence-electron chi connectivity index (χ0n) is 16.1. The van der Waals surface area contributed by atoms with Crippen LogP contribution < -0.4 is 10.3 Å². The van der Waals surface area contributed by atoms with E-state index < -0.39 is 0 Å². The normalized spacial score (nSPS) is 13.1. The molecule has 0 spiro atoms. The van der Waals surface area contributed by atoms with Gasteiger partial charge in [-0.25, -0.2) is 4.68 Å². The number of benzene rings is 2. The summed E-state index contributed by atoms with van der Waals surface area (Å²) in [6.45, 7) is 1.12. The minimum Gasteiger partial charge on any atom is -0.492 e. The highest BCUT2D eigenvalue weighted by molar-refractivity contribution is 5.92. The van der Waals surface area contributed by atoms with Crippen LogP contribution in [-0.4, -0.2) is 33.2 Å². The Morgan fingerprint density at radius 3 is 2.38 bits per heavy atom. The van der Waals surface area contributed by atoms with Crippen molar-refractivity contribution in [2.45, 2.75) is 32.0 Å². The first kappa shape index (κ1) is 18.9. The SMILES string of the molecule is O=C(c1ccc(=O)n(CCOc2ccccc2)n1)N(Cc1ccccc1)C1CC1. The van der Waals surface area contributed by atoms with E-state index in [1.54, 1.807) is 0 Å². The van der Waals surface area contributed by atoms with Gasteiger partial charge in [0, 0.05) is 18.7 Å². The van der Waals surface area contributed by atoms with E-state index >= 15 is 0 Å². The summed E-state index contributed by atoms with van der Waals surface area (Å²) in [6.07, 6.45) is 2.01. The third kappa shape index (κ3) is 4.90. The number of rotatable bonds is 8. The number of hydrogen-bond donors (Lipinski definition) is 0. The predicted molar refractivity (Wildman–Crippen MR) is 110 cm³/mol. The fraction of sp³-hybridized carbons (Fsp3) is 0.261. The second kappa shape index (κ2) is 8.73. The molecule has 148 valence electrons. The number of amides is 1. The van der Waals surface area contributed by atoms with E-state index in [-0.39, 0.29) is 29.7 Å². The molecule has 1 aromatic heterocycles. The number of para-hydroxylation sites is 1. The van der Waals surface area contributed by atoms with E-state index in [9.17, 15) is 9.59 Å². The molecule has 0 saturated heterocycles. The van der Waals surface area contributed by atoms with Crippen LogP contribution in [0.25, 0.3) is 0 Å². The maximum Gasteiger partial charge on any atom is 0.274 e. The van der Waals surface area contributed by atoms with Gasteiger partial charge >= 0.3 is 0 Å². The van der Waals surface area contributed by atoms with Crippen molar-refractivity contribution in [3.8, 4) is 5.75 Å². The summed E-state index contributed by atoms with van der Waals surface area (Å²) in [7, 11) is 0. The molecular formula is C23H23N3O3. The number of aromatic nitrogens is 2. The zero-order chi connectivity index (χ0) is 20.1. The summed E-state index contributed by atoms with van der Waals surface area (Å²) in [5, 5.41) is 4.31. The lowest BCUT2D eigenvalue weighted by molar-refractivity contribution is 0.0720. The highest BCUT2D eigenvalue weighted by Gasteiger charge is 2.33. The predicted octanol–water partition coefficient (Wildman–Crippen LogP) is 3.13. The number of carbonyl (C=O) groups excluding carboxylic acids is 1. The highest BCUT2D eigenvalue weighted by Crippen LogP contribution is 2.29. The summed E-state index contributed by atoms with van der Waals surface area (Å²) >= 11 is 0. The van der Waals surface area contributed by atoms with Gasteiger partial charge in [0.15, 0.2) is 0 Å². The van der Waals surface area contributed by atoms with Gasteiger partial charge in [0.1, 0.15) is 18.1 Å². The topological polar surface area (TPSA) is 64.4 Å². The Balaban J connectivity index is 1.46. The average molecular weight is 389 g/mol. The monoisotopic (exact) mass is 389 g/mol. The molecule has 0 atom stereocenters. The van der Waals surface area contributed by atoms with Gasteiger partial charge in [-0.15, -0.1) is 0 Å². The van der Waals surface area contributed by atoms with E-state index in [0.717, 1.165) is 24.2 Å². The van der Waals surface area contributed by atoms with Crippen molar-refractivity contribution >= 4 is 5.91 Å². The minimum absolute atomic E-state index is 0.144. The number of nitrogens with zero attached hydrogens (tertiary/aromatic N) is 3. The lowest BCUT2D eigenvalue weighted by Crippen LogP contribution is -2.35. The zero-order valence-corrected chi connectivity index (χ0v) is 16.1. The van der Waals surface area contributed by atoms with Gasteiger partial charge in [0.2, 0.25) is 0 Å². The Morgan fingerprint density at radius 2 is 1.69 bits per heavy atom. The van der Waals surface area contributed by atoms with E-state index in [2.05, 4.69) is 5.10 Å². The molecule has 1 fully saturated rings. The third-order valence-electron chi connectivity index (χ3n) is 4.85. The van der Waals surface area contributed by atoms with Gasteiger partial charge in [-0.2, -0.15) is 5.10 Å². The van der Waals surface area contributed by atoms with Crippen LogP contribution in [0, 0.1) is 0 Å². The molecule has 1 aliphatic carbocycles. The summed E-state index contributed by atoms with van der Waals surface area (Å²) in [6, 6.07) is 22.5. The molecule has 0 aliphatic heterocycles. The molecular weight excluding hydrogens is 366 g/mol. The van der Waals surface area contributed by atoms with Crippen LogP contribution in [0.4, 0.5) is 0 Å². The smallest absolute Gasteiger partial charge is 0.274 e. The number of hydrogen-bond acceptors (Lipinski definition) is 4. The largest absolute Gasteiger partial charge is 0.492 e. The number of ether oxygens (including phenoxy) is 1. The van der Waals surface area contributed by atoms with Crippen LogP contribution in [0.15, 0.2) is 77.6 Å². The fourth-order valence-corrected chi connectivity index (χ4v) is 3.17. The maximum atomic E-state index is 13.1. The van der Waals surface area contributed by atoms with Crippen molar-refractivity contribution in [2.24, 2.45) is 0 Å². The molecule has 1 amide bonds. The van der Waals surface area contributed by atoms with E-state index in [1.807, 2.05) is 65.6 Å². The summed E-state index contributed by atoms with van der Waals surface area (Å²) in [5.74, 6) is 0.588. The molecule has 0 radical (unpaired) electrons. The lowest BCUT2D eigenvalue weighted by atomic mass is 10.2.